The van der Waals surface area contributed by atoms with Gasteiger partial charge in [0.05, 0.1) is 24.4 Å². The van der Waals surface area contributed by atoms with Gasteiger partial charge in [-0.25, -0.2) is 0 Å². The molecule has 4 nitrogen and oxygen atoms in total. The fourth-order valence-corrected chi connectivity index (χ4v) is 3.99. The zero-order valence-electron chi connectivity index (χ0n) is 13.8. The van der Waals surface area contributed by atoms with E-state index in [-0.39, 0.29) is 0 Å². The minimum absolute atomic E-state index is 0.666. The van der Waals surface area contributed by atoms with Crippen LogP contribution >= 0.6 is 0 Å². The Kier molecular flexibility index (Phi) is 4.29. The van der Waals surface area contributed by atoms with Crippen LogP contribution in [0, 0.1) is 5.92 Å². The predicted octanol–water partition coefficient (Wildman–Crippen LogP) is 2.39. The van der Waals surface area contributed by atoms with Crippen LogP contribution in [0.1, 0.15) is 12.6 Å². The van der Waals surface area contributed by atoms with Gasteiger partial charge in [-0.15, -0.1) is 0 Å². The van der Waals surface area contributed by atoms with E-state index in [1.165, 1.54) is 11.1 Å². The van der Waals surface area contributed by atoms with Crippen molar-refractivity contribution >= 4 is 10.9 Å². The number of likely N-dealkylation sites (tertiary alicyclic amines) is 1. The first-order chi connectivity index (χ1) is 11.3. The highest BCUT2D eigenvalue weighted by Crippen LogP contribution is 2.24. The van der Waals surface area contributed by atoms with Gasteiger partial charge >= 0.3 is 0 Å². The van der Waals surface area contributed by atoms with Gasteiger partial charge in [0.25, 0.3) is 0 Å². The zero-order chi connectivity index (χ0) is 15.6. The lowest BCUT2D eigenvalue weighted by Crippen LogP contribution is -2.46. The number of rotatable bonds is 3. The number of ether oxygens (including phenoxy) is 1. The molecule has 2 aromatic rings. The molecule has 0 bridgehead atoms. The molecule has 0 N–H and O–H groups in total. The maximum absolute atomic E-state index is 5.49. The molecule has 3 heterocycles. The van der Waals surface area contributed by atoms with Crippen molar-refractivity contribution in [2.45, 2.75) is 19.5 Å². The van der Waals surface area contributed by atoms with Crippen LogP contribution in [0.2, 0.25) is 0 Å². The first kappa shape index (κ1) is 15.1. The first-order valence-electron chi connectivity index (χ1n) is 8.68. The SMILES string of the molecule is C[C@H]1CN(Cc2ccc3ccccc3n2)C[C@@H]1N1CCOCC1. The summed E-state index contributed by atoms with van der Waals surface area (Å²) in [5.74, 6) is 0.716. The van der Waals surface area contributed by atoms with Gasteiger partial charge in [0.2, 0.25) is 0 Å². The highest BCUT2D eigenvalue weighted by Gasteiger charge is 2.34. The van der Waals surface area contributed by atoms with Gasteiger partial charge in [0.1, 0.15) is 0 Å². The second-order valence-corrected chi connectivity index (χ2v) is 6.88. The summed E-state index contributed by atoms with van der Waals surface area (Å²) >= 11 is 0. The maximum Gasteiger partial charge on any atom is 0.0705 e. The Bertz CT molecular complexity index is 668. The largest absolute Gasteiger partial charge is 0.379 e. The van der Waals surface area contributed by atoms with Crippen molar-refractivity contribution in [2.75, 3.05) is 39.4 Å². The monoisotopic (exact) mass is 311 g/mol. The Morgan fingerprint density at radius 1 is 1.09 bits per heavy atom. The highest BCUT2D eigenvalue weighted by molar-refractivity contribution is 5.78. The number of aromatic nitrogens is 1. The van der Waals surface area contributed by atoms with E-state index < -0.39 is 0 Å². The lowest BCUT2D eigenvalue weighted by molar-refractivity contribution is 0.0117. The molecule has 2 atom stereocenters. The third-order valence-corrected chi connectivity index (χ3v) is 5.20. The standard InChI is InChI=1S/C19H25N3O/c1-15-12-21(14-19(15)22-8-10-23-11-9-22)13-17-7-6-16-4-2-3-5-18(16)20-17/h2-7,15,19H,8-14H2,1H3/t15-,19-/m0/s1. The van der Waals surface area contributed by atoms with E-state index in [1.54, 1.807) is 0 Å². The van der Waals surface area contributed by atoms with E-state index >= 15 is 0 Å². The quantitative estimate of drug-likeness (QED) is 0.870. The topological polar surface area (TPSA) is 28.6 Å². The molecule has 4 rings (SSSR count). The molecule has 2 saturated heterocycles. The van der Waals surface area contributed by atoms with Gasteiger partial charge in [-0.2, -0.15) is 0 Å². The van der Waals surface area contributed by atoms with Gasteiger partial charge < -0.3 is 4.74 Å². The number of pyridine rings is 1. The molecule has 0 aliphatic carbocycles. The Morgan fingerprint density at radius 3 is 2.78 bits per heavy atom. The van der Waals surface area contributed by atoms with E-state index in [4.69, 9.17) is 9.72 Å². The van der Waals surface area contributed by atoms with Crippen molar-refractivity contribution in [3.63, 3.8) is 0 Å². The summed E-state index contributed by atoms with van der Waals surface area (Å²) in [6, 6.07) is 13.4. The average molecular weight is 311 g/mol. The molecule has 0 unspecified atom stereocenters. The molecule has 0 radical (unpaired) electrons. The van der Waals surface area contributed by atoms with Crippen LogP contribution in [0.3, 0.4) is 0 Å². The molecular formula is C19H25N3O. The third kappa shape index (κ3) is 3.25. The summed E-state index contributed by atoms with van der Waals surface area (Å²) in [5, 5.41) is 1.22. The van der Waals surface area contributed by atoms with Crippen LogP contribution in [-0.2, 0) is 11.3 Å². The van der Waals surface area contributed by atoms with Crippen molar-refractivity contribution < 1.29 is 4.74 Å². The van der Waals surface area contributed by atoms with Crippen LogP contribution in [0.5, 0.6) is 0 Å². The Hall–Kier alpha value is -1.49. The van der Waals surface area contributed by atoms with Gasteiger partial charge in [-0.1, -0.05) is 31.2 Å². The molecule has 2 aliphatic rings. The first-order valence-corrected chi connectivity index (χ1v) is 8.68. The van der Waals surface area contributed by atoms with Crippen molar-refractivity contribution in [3.05, 3.63) is 42.1 Å². The second-order valence-electron chi connectivity index (χ2n) is 6.88. The third-order valence-electron chi connectivity index (χ3n) is 5.20. The molecular weight excluding hydrogens is 286 g/mol. The molecule has 1 aromatic carbocycles. The van der Waals surface area contributed by atoms with Crippen LogP contribution in [0.4, 0.5) is 0 Å². The molecule has 2 fully saturated rings. The lowest BCUT2D eigenvalue weighted by Gasteiger charge is -2.34. The molecule has 23 heavy (non-hydrogen) atoms. The van der Waals surface area contributed by atoms with Crippen LogP contribution < -0.4 is 0 Å². The van der Waals surface area contributed by atoms with Gasteiger partial charge in [-0.05, 0) is 18.1 Å². The summed E-state index contributed by atoms with van der Waals surface area (Å²) in [6.45, 7) is 9.58. The van der Waals surface area contributed by atoms with E-state index in [0.29, 0.717) is 12.0 Å². The molecule has 1 aromatic heterocycles. The van der Waals surface area contributed by atoms with E-state index in [9.17, 15) is 0 Å². The second kappa shape index (κ2) is 6.56. The van der Waals surface area contributed by atoms with Crippen molar-refractivity contribution in [1.29, 1.82) is 0 Å². The zero-order valence-corrected chi connectivity index (χ0v) is 13.8. The number of fused-ring (bicyclic) bond motifs is 1. The summed E-state index contributed by atoms with van der Waals surface area (Å²) in [4.78, 5) is 10.00. The minimum atomic E-state index is 0.666. The fraction of sp³-hybridized carbons (Fsp3) is 0.526. The van der Waals surface area contributed by atoms with Crippen molar-refractivity contribution in [3.8, 4) is 0 Å². The maximum atomic E-state index is 5.49. The number of morpholine rings is 1. The number of para-hydroxylation sites is 1. The minimum Gasteiger partial charge on any atom is -0.379 e. The lowest BCUT2D eigenvalue weighted by atomic mass is 10.0. The molecule has 0 amide bonds. The van der Waals surface area contributed by atoms with Gasteiger partial charge in [0, 0.05) is 44.2 Å². The molecule has 0 spiro atoms. The highest BCUT2D eigenvalue weighted by atomic mass is 16.5. The normalized spacial score (nSPS) is 26.8. The number of nitrogens with zero attached hydrogens (tertiary/aromatic N) is 3. The van der Waals surface area contributed by atoms with E-state index in [1.807, 2.05) is 0 Å². The predicted molar refractivity (Wildman–Crippen MR) is 92.4 cm³/mol. The van der Waals surface area contributed by atoms with E-state index in [2.05, 4.69) is 53.1 Å². The van der Waals surface area contributed by atoms with E-state index in [0.717, 1.165) is 51.5 Å². The van der Waals surface area contributed by atoms with Gasteiger partial charge in [0.15, 0.2) is 0 Å². The smallest absolute Gasteiger partial charge is 0.0705 e. The van der Waals surface area contributed by atoms with Gasteiger partial charge in [-0.3, -0.25) is 14.8 Å². The summed E-state index contributed by atoms with van der Waals surface area (Å²) in [7, 11) is 0. The molecule has 0 saturated carbocycles. The number of benzene rings is 1. The Balaban J connectivity index is 1.44. The molecule has 122 valence electrons. The van der Waals surface area contributed by atoms with Crippen LogP contribution in [0.25, 0.3) is 10.9 Å². The Labute approximate surface area is 138 Å². The Morgan fingerprint density at radius 2 is 1.91 bits per heavy atom. The van der Waals surface area contributed by atoms with Crippen LogP contribution in [0.15, 0.2) is 36.4 Å². The molecule has 4 heteroatoms. The van der Waals surface area contributed by atoms with Crippen molar-refractivity contribution in [2.24, 2.45) is 5.92 Å². The number of hydrogen-bond donors (Lipinski definition) is 0. The summed E-state index contributed by atoms with van der Waals surface area (Å²) in [6.07, 6.45) is 0. The summed E-state index contributed by atoms with van der Waals surface area (Å²) in [5.41, 5.74) is 2.28. The summed E-state index contributed by atoms with van der Waals surface area (Å²) < 4.78 is 5.49. The number of hydrogen-bond acceptors (Lipinski definition) is 4. The molecule has 2 aliphatic heterocycles. The fourth-order valence-electron chi connectivity index (χ4n) is 3.99. The average Bonchev–Trinajstić information content (AvgIpc) is 2.96. The van der Waals surface area contributed by atoms with Crippen LogP contribution in [-0.4, -0.2) is 60.2 Å². The van der Waals surface area contributed by atoms with Crippen molar-refractivity contribution in [1.82, 2.24) is 14.8 Å².